The minimum Gasteiger partial charge on any atom is -0.493 e. The van der Waals surface area contributed by atoms with E-state index in [-0.39, 0.29) is 12.0 Å². The Labute approximate surface area is 177 Å². The third-order valence-corrected chi connectivity index (χ3v) is 4.07. The molecule has 0 aliphatic rings. The second-order valence-corrected chi connectivity index (χ2v) is 6.97. The van der Waals surface area contributed by atoms with Crippen LogP contribution in [0.25, 0.3) is 6.08 Å². The number of amides is 1. The van der Waals surface area contributed by atoms with Gasteiger partial charge in [-0.05, 0) is 62.2 Å². The predicted molar refractivity (Wildman–Crippen MR) is 118 cm³/mol. The molecule has 0 unspecified atom stereocenters. The fourth-order valence-electron chi connectivity index (χ4n) is 2.61. The molecule has 0 fully saturated rings. The Hall–Kier alpha value is -3.28. The normalized spacial score (nSPS) is 10.8. The SMILES string of the molecule is CCCCOC(=O)c1cccc(NC(=O)/C=C/c2ccc(OC(C)C)c(OC)c2)c1. The van der Waals surface area contributed by atoms with Crippen molar-refractivity contribution >= 4 is 23.6 Å². The Balaban J connectivity index is 2.01. The van der Waals surface area contributed by atoms with Gasteiger partial charge < -0.3 is 19.5 Å². The summed E-state index contributed by atoms with van der Waals surface area (Å²) in [5.74, 6) is 0.538. The highest BCUT2D eigenvalue weighted by Gasteiger charge is 2.09. The highest BCUT2D eigenvalue weighted by Crippen LogP contribution is 2.29. The molecule has 0 aliphatic heterocycles. The zero-order chi connectivity index (χ0) is 21.9. The van der Waals surface area contributed by atoms with Crippen molar-refractivity contribution in [2.75, 3.05) is 19.0 Å². The number of hydrogen-bond acceptors (Lipinski definition) is 5. The highest BCUT2D eigenvalue weighted by atomic mass is 16.5. The zero-order valence-corrected chi connectivity index (χ0v) is 17.9. The molecule has 0 heterocycles. The number of rotatable bonds is 10. The maximum atomic E-state index is 12.3. The fraction of sp³-hybridized carbons (Fsp3) is 0.333. The van der Waals surface area contributed by atoms with Crippen molar-refractivity contribution in [1.82, 2.24) is 0 Å². The molecule has 1 amide bonds. The maximum absolute atomic E-state index is 12.3. The summed E-state index contributed by atoms with van der Waals surface area (Å²) in [6.07, 6.45) is 4.91. The van der Waals surface area contributed by atoms with Crippen molar-refractivity contribution in [3.05, 3.63) is 59.7 Å². The number of unbranched alkanes of at least 4 members (excludes halogenated alkanes) is 1. The molecule has 0 radical (unpaired) electrons. The van der Waals surface area contributed by atoms with E-state index in [4.69, 9.17) is 14.2 Å². The van der Waals surface area contributed by atoms with Gasteiger partial charge in [-0.3, -0.25) is 4.79 Å². The molecule has 0 saturated carbocycles. The number of nitrogens with one attached hydrogen (secondary N) is 1. The van der Waals surface area contributed by atoms with E-state index >= 15 is 0 Å². The molecule has 6 nitrogen and oxygen atoms in total. The second kappa shape index (κ2) is 11.7. The number of carbonyl (C=O) groups is 2. The van der Waals surface area contributed by atoms with Gasteiger partial charge in [0.25, 0.3) is 0 Å². The maximum Gasteiger partial charge on any atom is 0.338 e. The third kappa shape index (κ3) is 7.28. The number of ether oxygens (including phenoxy) is 3. The van der Waals surface area contributed by atoms with Gasteiger partial charge in [-0.1, -0.05) is 25.5 Å². The first-order valence-corrected chi connectivity index (χ1v) is 10.0. The largest absolute Gasteiger partial charge is 0.493 e. The summed E-state index contributed by atoms with van der Waals surface area (Å²) < 4.78 is 16.2. The van der Waals surface area contributed by atoms with E-state index in [0.29, 0.717) is 29.4 Å². The van der Waals surface area contributed by atoms with Crippen molar-refractivity contribution in [2.45, 2.75) is 39.7 Å². The highest BCUT2D eigenvalue weighted by molar-refractivity contribution is 6.02. The lowest BCUT2D eigenvalue weighted by Crippen LogP contribution is -2.10. The van der Waals surface area contributed by atoms with Crippen molar-refractivity contribution in [2.24, 2.45) is 0 Å². The molecule has 0 saturated heterocycles. The molecule has 2 aromatic rings. The minimum absolute atomic E-state index is 0.0331. The lowest BCUT2D eigenvalue weighted by molar-refractivity contribution is -0.111. The average molecular weight is 411 g/mol. The number of hydrogen-bond donors (Lipinski definition) is 1. The Morgan fingerprint density at radius 2 is 1.90 bits per heavy atom. The standard InChI is InChI=1S/C24H29NO5/c1-5-6-14-29-24(27)19-8-7-9-20(16-19)25-23(26)13-11-18-10-12-21(30-17(2)3)22(15-18)28-4/h7-13,15-17H,5-6,14H2,1-4H3,(H,25,26)/b13-11+. The van der Waals surface area contributed by atoms with E-state index in [0.717, 1.165) is 18.4 Å². The fourth-order valence-corrected chi connectivity index (χ4v) is 2.61. The number of methoxy groups -OCH3 is 1. The van der Waals surface area contributed by atoms with Crippen LogP contribution in [0.15, 0.2) is 48.5 Å². The average Bonchev–Trinajstić information content (AvgIpc) is 2.73. The van der Waals surface area contributed by atoms with Crippen LogP contribution >= 0.6 is 0 Å². The molecule has 160 valence electrons. The Kier molecular flexibility index (Phi) is 8.94. The molecule has 30 heavy (non-hydrogen) atoms. The Morgan fingerprint density at radius 1 is 1.10 bits per heavy atom. The Bertz CT molecular complexity index is 889. The minimum atomic E-state index is -0.397. The van der Waals surface area contributed by atoms with Gasteiger partial charge in [0.05, 0.1) is 25.4 Å². The Morgan fingerprint density at radius 3 is 2.60 bits per heavy atom. The van der Waals surface area contributed by atoms with Crippen molar-refractivity contribution in [3.8, 4) is 11.5 Å². The molecular formula is C24H29NO5. The van der Waals surface area contributed by atoms with Crippen LogP contribution < -0.4 is 14.8 Å². The molecule has 0 bridgehead atoms. The zero-order valence-electron chi connectivity index (χ0n) is 17.9. The first-order chi connectivity index (χ1) is 14.4. The lowest BCUT2D eigenvalue weighted by atomic mass is 10.1. The quantitative estimate of drug-likeness (QED) is 0.335. The van der Waals surface area contributed by atoms with Gasteiger partial charge in [0.1, 0.15) is 0 Å². The molecule has 2 aromatic carbocycles. The summed E-state index contributed by atoms with van der Waals surface area (Å²) in [5, 5.41) is 2.75. The predicted octanol–water partition coefficient (Wildman–Crippen LogP) is 5.09. The van der Waals surface area contributed by atoms with Crippen LogP contribution in [0, 0.1) is 0 Å². The van der Waals surface area contributed by atoms with Crippen LogP contribution in [0.2, 0.25) is 0 Å². The van der Waals surface area contributed by atoms with Crippen LogP contribution in [-0.2, 0) is 9.53 Å². The van der Waals surface area contributed by atoms with Crippen LogP contribution in [0.5, 0.6) is 11.5 Å². The second-order valence-electron chi connectivity index (χ2n) is 6.97. The first kappa shape index (κ1) is 23.0. The van der Waals surface area contributed by atoms with E-state index < -0.39 is 5.97 Å². The van der Waals surface area contributed by atoms with Crippen molar-refractivity contribution < 1.29 is 23.8 Å². The molecule has 0 spiro atoms. The van der Waals surface area contributed by atoms with E-state index in [1.165, 1.54) is 6.08 Å². The van der Waals surface area contributed by atoms with Gasteiger partial charge in [0.15, 0.2) is 11.5 Å². The number of esters is 1. The summed E-state index contributed by atoms with van der Waals surface area (Å²) >= 11 is 0. The summed E-state index contributed by atoms with van der Waals surface area (Å²) in [4.78, 5) is 24.3. The van der Waals surface area contributed by atoms with Gasteiger partial charge >= 0.3 is 5.97 Å². The van der Waals surface area contributed by atoms with Crippen molar-refractivity contribution in [3.63, 3.8) is 0 Å². The van der Waals surface area contributed by atoms with Gasteiger partial charge in [-0.25, -0.2) is 4.79 Å². The summed E-state index contributed by atoms with van der Waals surface area (Å²) in [6, 6.07) is 12.1. The molecular weight excluding hydrogens is 382 g/mol. The molecule has 0 aliphatic carbocycles. The first-order valence-electron chi connectivity index (χ1n) is 10.0. The third-order valence-electron chi connectivity index (χ3n) is 4.07. The van der Waals surface area contributed by atoms with Gasteiger partial charge in [-0.15, -0.1) is 0 Å². The van der Waals surface area contributed by atoms with Gasteiger partial charge in [0.2, 0.25) is 5.91 Å². The van der Waals surface area contributed by atoms with E-state index in [1.54, 1.807) is 43.5 Å². The molecule has 6 heteroatoms. The van der Waals surface area contributed by atoms with E-state index in [1.807, 2.05) is 32.9 Å². The topological polar surface area (TPSA) is 73.9 Å². The summed E-state index contributed by atoms with van der Waals surface area (Å²) in [5.41, 5.74) is 1.72. The van der Waals surface area contributed by atoms with E-state index in [2.05, 4.69) is 5.32 Å². The molecule has 0 atom stereocenters. The van der Waals surface area contributed by atoms with E-state index in [9.17, 15) is 9.59 Å². The molecule has 2 rings (SSSR count). The van der Waals surface area contributed by atoms with Crippen molar-refractivity contribution in [1.29, 1.82) is 0 Å². The monoisotopic (exact) mass is 411 g/mol. The van der Waals surface area contributed by atoms with Crippen LogP contribution in [0.3, 0.4) is 0 Å². The summed E-state index contributed by atoms with van der Waals surface area (Å²) in [6.45, 7) is 6.30. The van der Waals surface area contributed by atoms with Gasteiger partial charge in [0, 0.05) is 11.8 Å². The number of carbonyl (C=O) groups excluding carboxylic acids is 2. The van der Waals surface area contributed by atoms with Crippen LogP contribution in [0.4, 0.5) is 5.69 Å². The number of benzene rings is 2. The van der Waals surface area contributed by atoms with Crippen LogP contribution in [0.1, 0.15) is 49.5 Å². The summed E-state index contributed by atoms with van der Waals surface area (Å²) in [7, 11) is 1.57. The lowest BCUT2D eigenvalue weighted by Gasteiger charge is -2.13. The molecule has 0 aromatic heterocycles. The molecule has 1 N–H and O–H groups in total. The smallest absolute Gasteiger partial charge is 0.338 e. The van der Waals surface area contributed by atoms with Crippen LogP contribution in [-0.4, -0.2) is 31.7 Å². The van der Waals surface area contributed by atoms with Gasteiger partial charge in [-0.2, -0.15) is 0 Å². The number of anilines is 1.